The molecule has 8 heteroatoms. The van der Waals surface area contributed by atoms with Gasteiger partial charge in [-0.05, 0) is 59.3 Å². The Morgan fingerprint density at radius 1 is 1.16 bits per heavy atom. The first-order valence-electron chi connectivity index (χ1n) is 7.53. The fourth-order valence-corrected chi connectivity index (χ4v) is 3.03. The van der Waals surface area contributed by atoms with E-state index in [1.54, 1.807) is 48.3 Å². The Labute approximate surface area is 155 Å². The van der Waals surface area contributed by atoms with E-state index >= 15 is 0 Å². The van der Waals surface area contributed by atoms with Crippen LogP contribution in [0.5, 0.6) is 0 Å². The molecule has 0 saturated carbocycles. The number of aromatic nitrogens is 4. The summed E-state index contributed by atoms with van der Waals surface area (Å²) in [6.07, 6.45) is 1.49. The lowest BCUT2D eigenvalue weighted by atomic mass is 10.1. The monoisotopic (exact) mass is 375 g/mol. The molecule has 3 rings (SSSR count). The molecule has 1 unspecified atom stereocenters. The fourth-order valence-electron chi connectivity index (χ4n) is 2.46. The highest BCUT2D eigenvalue weighted by Gasteiger charge is 2.21. The Hall–Kier alpha value is -2.44. The summed E-state index contributed by atoms with van der Waals surface area (Å²) >= 11 is 12.2. The van der Waals surface area contributed by atoms with Crippen molar-refractivity contribution in [2.45, 2.75) is 13.0 Å². The molecule has 0 fully saturated rings. The van der Waals surface area contributed by atoms with E-state index in [2.05, 4.69) is 15.5 Å². The minimum absolute atomic E-state index is 0.109. The fraction of sp³-hybridized carbons (Fsp3) is 0.176. The Morgan fingerprint density at radius 2 is 1.88 bits per heavy atom. The highest BCUT2D eigenvalue weighted by molar-refractivity contribution is 6.35. The maximum absolute atomic E-state index is 12.7. The topological polar surface area (TPSA) is 63.9 Å². The number of carbonyl (C=O) groups excluding carboxylic acids is 1. The summed E-state index contributed by atoms with van der Waals surface area (Å²) in [7, 11) is 1.74. The SMILES string of the molecule is CC(c1ccc(Cl)cc1Cl)N(C)C(=O)c1ccc(-n2cnnn2)cc1. The number of benzene rings is 2. The molecule has 3 aromatic rings. The van der Waals surface area contributed by atoms with E-state index in [-0.39, 0.29) is 11.9 Å². The van der Waals surface area contributed by atoms with Crippen molar-refractivity contribution in [2.75, 3.05) is 7.05 Å². The summed E-state index contributed by atoms with van der Waals surface area (Å²) in [5.74, 6) is -0.109. The first kappa shape index (κ1) is 17.4. The van der Waals surface area contributed by atoms with Crippen molar-refractivity contribution >= 4 is 29.1 Å². The highest BCUT2D eigenvalue weighted by atomic mass is 35.5. The van der Waals surface area contributed by atoms with Crippen LogP contribution in [0.3, 0.4) is 0 Å². The van der Waals surface area contributed by atoms with Crippen LogP contribution in [0.15, 0.2) is 48.8 Å². The molecule has 0 aliphatic heterocycles. The first-order valence-corrected chi connectivity index (χ1v) is 8.28. The van der Waals surface area contributed by atoms with Crippen molar-refractivity contribution in [1.82, 2.24) is 25.1 Å². The smallest absolute Gasteiger partial charge is 0.254 e. The Morgan fingerprint density at radius 3 is 2.48 bits per heavy atom. The average Bonchev–Trinajstić information content (AvgIpc) is 3.15. The Kier molecular flexibility index (Phi) is 5.01. The molecule has 128 valence electrons. The number of hydrogen-bond donors (Lipinski definition) is 0. The largest absolute Gasteiger partial charge is 0.335 e. The second kappa shape index (κ2) is 7.21. The van der Waals surface area contributed by atoms with E-state index in [0.29, 0.717) is 15.6 Å². The van der Waals surface area contributed by atoms with E-state index in [1.165, 1.54) is 11.0 Å². The molecule has 1 atom stereocenters. The van der Waals surface area contributed by atoms with Crippen molar-refractivity contribution in [2.24, 2.45) is 0 Å². The van der Waals surface area contributed by atoms with Crippen LogP contribution in [-0.2, 0) is 0 Å². The van der Waals surface area contributed by atoms with Crippen LogP contribution < -0.4 is 0 Å². The van der Waals surface area contributed by atoms with Gasteiger partial charge in [-0.25, -0.2) is 4.68 Å². The summed E-state index contributed by atoms with van der Waals surface area (Å²) < 4.78 is 1.52. The zero-order valence-corrected chi connectivity index (χ0v) is 15.1. The molecule has 0 spiro atoms. The van der Waals surface area contributed by atoms with Crippen LogP contribution in [0.25, 0.3) is 5.69 Å². The molecule has 0 bridgehead atoms. The van der Waals surface area contributed by atoms with Crippen molar-refractivity contribution in [3.8, 4) is 5.69 Å². The van der Waals surface area contributed by atoms with Gasteiger partial charge in [0, 0.05) is 22.7 Å². The number of nitrogens with zero attached hydrogens (tertiary/aromatic N) is 5. The number of hydrogen-bond acceptors (Lipinski definition) is 4. The zero-order valence-electron chi connectivity index (χ0n) is 13.6. The quantitative estimate of drug-likeness (QED) is 0.695. The first-order chi connectivity index (χ1) is 12.0. The zero-order chi connectivity index (χ0) is 18.0. The van der Waals surface area contributed by atoms with Crippen molar-refractivity contribution in [1.29, 1.82) is 0 Å². The lowest BCUT2D eigenvalue weighted by molar-refractivity contribution is 0.0743. The van der Waals surface area contributed by atoms with Gasteiger partial charge in [0.05, 0.1) is 11.7 Å². The summed E-state index contributed by atoms with van der Waals surface area (Å²) in [6, 6.07) is 12.1. The van der Waals surface area contributed by atoms with Gasteiger partial charge in [-0.1, -0.05) is 29.3 Å². The molecule has 0 saturated heterocycles. The molecule has 6 nitrogen and oxygen atoms in total. The summed E-state index contributed by atoms with van der Waals surface area (Å²) in [5.41, 5.74) is 2.18. The molecule has 0 aliphatic carbocycles. The lowest BCUT2D eigenvalue weighted by Gasteiger charge is -2.26. The van der Waals surface area contributed by atoms with Crippen molar-refractivity contribution in [3.05, 3.63) is 70.0 Å². The van der Waals surface area contributed by atoms with E-state index in [1.807, 2.05) is 13.0 Å². The number of rotatable bonds is 4. The number of halogens is 2. The molecule has 1 amide bonds. The van der Waals surface area contributed by atoms with Crippen molar-refractivity contribution < 1.29 is 4.79 Å². The predicted molar refractivity (Wildman–Crippen MR) is 96.1 cm³/mol. The minimum Gasteiger partial charge on any atom is -0.335 e. The van der Waals surface area contributed by atoms with Gasteiger partial charge in [0.15, 0.2) is 0 Å². The molecule has 2 aromatic carbocycles. The third-order valence-electron chi connectivity index (χ3n) is 4.04. The maximum Gasteiger partial charge on any atom is 0.254 e. The van der Waals surface area contributed by atoms with Gasteiger partial charge in [-0.15, -0.1) is 5.10 Å². The van der Waals surface area contributed by atoms with Gasteiger partial charge >= 0.3 is 0 Å². The summed E-state index contributed by atoms with van der Waals surface area (Å²) in [5, 5.41) is 12.1. The Bertz CT molecular complexity index is 881. The van der Waals surface area contributed by atoms with Crippen LogP contribution in [-0.4, -0.2) is 38.1 Å². The molecular formula is C17H15Cl2N5O. The number of carbonyl (C=O) groups is 1. The lowest BCUT2D eigenvalue weighted by Crippen LogP contribution is -2.29. The van der Waals surface area contributed by atoms with Crippen LogP contribution in [0.4, 0.5) is 0 Å². The standard InChI is InChI=1S/C17H15Cl2N5O/c1-11(15-8-5-13(18)9-16(15)19)23(2)17(25)12-3-6-14(7-4-12)24-10-20-21-22-24/h3-11H,1-2H3. The second-order valence-electron chi connectivity index (χ2n) is 5.56. The van der Waals surface area contributed by atoms with E-state index < -0.39 is 0 Å². The van der Waals surface area contributed by atoms with Crippen LogP contribution in [0.2, 0.25) is 10.0 Å². The van der Waals surface area contributed by atoms with Gasteiger partial charge in [-0.2, -0.15) is 0 Å². The molecule has 25 heavy (non-hydrogen) atoms. The average molecular weight is 376 g/mol. The van der Waals surface area contributed by atoms with Crippen molar-refractivity contribution in [3.63, 3.8) is 0 Å². The maximum atomic E-state index is 12.7. The van der Waals surface area contributed by atoms with Gasteiger partial charge in [-0.3, -0.25) is 4.79 Å². The minimum atomic E-state index is -0.198. The molecular weight excluding hydrogens is 361 g/mol. The van der Waals surface area contributed by atoms with Gasteiger partial charge in [0.25, 0.3) is 5.91 Å². The molecule has 0 radical (unpaired) electrons. The van der Waals surface area contributed by atoms with Gasteiger partial charge in [0.2, 0.25) is 0 Å². The number of amides is 1. The normalized spacial score (nSPS) is 12.0. The molecule has 0 aliphatic rings. The van der Waals surface area contributed by atoms with E-state index in [0.717, 1.165) is 11.3 Å². The van der Waals surface area contributed by atoms with E-state index in [9.17, 15) is 4.79 Å². The predicted octanol–water partition coefficient (Wildman–Crippen LogP) is 3.80. The molecule has 1 aromatic heterocycles. The van der Waals surface area contributed by atoms with Crippen LogP contribution >= 0.6 is 23.2 Å². The van der Waals surface area contributed by atoms with E-state index in [4.69, 9.17) is 23.2 Å². The summed E-state index contributed by atoms with van der Waals surface area (Å²) in [6.45, 7) is 1.92. The second-order valence-corrected chi connectivity index (χ2v) is 6.40. The summed E-state index contributed by atoms with van der Waals surface area (Å²) in [4.78, 5) is 14.4. The van der Waals surface area contributed by atoms with Gasteiger partial charge < -0.3 is 4.90 Å². The number of tetrazole rings is 1. The molecule has 0 N–H and O–H groups in total. The molecule has 1 heterocycles. The highest BCUT2D eigenvalue weighted by Crippen LogP contribution is 2.29. The van der Waals surface area contributed by atoms with Crippen LogP contribution in [0, 0.1) is 0 Å². The van der Waals surface area contributed by atoms with Gasteiger partial charge in [0.1, 0.15) is 6.33 Å². The Balaban J connectivity index is 1.79. The van der Waals surface area contributed by atoms with Crippen LogP contribution in [0.1, 0.15) is 28.9 Å². The third-order valence-corrected chi connectivity index (χ3v) is 4.60. The third kappa shape index (κ3) is 3.65.